The van der Waals surface area contributed by atoms with E-state index in [9.17, 15) is 9.18 Å². The summed E-state index contributed by atoms with van der Waals surface area (Å²) < 4.78 is 18.3. The normalized spacial score (nSPS) is 10.0. The van der Waals surface area contributed by atoms with Gasteiger partial charge in [0.2, 0.25) is 5.91 Å². The number of hydrogen-bond acceptors (Lipinski definition) is 4. The Hall–Kier alpha value is -2.91. The molecule has 0 aliphatic rings. The Morgan fingerprint density at radius 1 is 1.25 bits per heavy atom. The molecule has 0 bridgehead atoms. The van der Waals surface area contributed by atoms with Gasteiger partial charge >= 0.3 is 0 Å². The lowest BCUT2D eigenvalue weighted by Gasteiger charge is -2.09. The molecule has 0 unspecified atom stereocenters. The number of nitrogens with zero attached hydrogens (tertiary/aromatic N) is 1. The van der Waals surface area contributed by atoms with E-state index in [0.717, 1.165) is 11.1 Å². The minimum Gasteiger partial charge on any atom is -0.380 e. The second kappa shape index (κ2) is 8.65. The number of ether oxygens (including phenoxy) is 1. The minimum absolute atomic E-state index is 0.0360. The summed E-state index contributed by atoms with van der Waals surface area (Å²) in [5.74, 6) is -0.779. The highest BCUT2D eigenvalue weighted by Gasteiger charge is 2.05. The van der Waals surface area contributed by atoms with Gasteiger partial charge in [-0.2, -0.15) is 5.26 Å². The molecule has 0 saturated heterocycles. The summed E-state index contributed by atoms with van der Waals surface area (Å²) in [7, 11) is 1.63. The van der Waals surface area contributed by atoms with Crippen molar-refractivity contribution in [2.75, 3.05) is 19.0 Å². The smallest absolute Gasteiger partial charge is 0.239 e. The van der Waals surface area contributed by atoms with E-state index in [1.807, 2.05) is 24.3 Å². The van der Waals surface area contributed by atoms with E-state index < -0.39 is 5.82 Å². The molecule has 24 heavy (non-hydrogen) atoms. The fourth-order valence-electron chi connectivity index (χ4n) is 2.16. The standard InChI is InChI=1S/C18H18FN3O2/c1-24-12-14-4-2-3-13(7-14)10-22-18(23)11-21-16-5-6-17(19)15(8-16)9-20/h2-8,21H,10-12H2,1H3,(H,22,23). The fourth-order valence-corrected chi connectivity index (χ4v) is 2.16. The first kappa shape index (κ1) is 17.4. The number of methoxy groups -OCH3 is 1. The van der Waals surface area contributed by atoms with Gasteiger partial charge in [-0.3, -0.25) is 4.79 Å². The third-order valence-electron chi connectivity index (χ3n) is 3.33. The molecule has 6 heteroatoms. The lowest BCUT2D eigenvalue weighted by atomic mass is 10.1. The molecule has 0 radical (unpaired) electrons. The van der Waals surface area contributed by atoms with E-state index in [1.54, 1.807) is 13.2 Å². The van der Waals surface area contributed by atoms with Gasteiger partial charge < -0.3 is 15.4 Å². The summed E-state index contributed by atoms with van der Waals surface area (Å²) in [6, 6.07) is 13.6. The van der Waals surface area contributed by atoms with Crippen molar-refractivity contribution in [3.8, 4) is 6.07 Å². The maximum Gasteiger partial charge on any atom is 0.239 e. The van der Waals surface area contributed by atoms with Crippen molar-refractivity contribution in [2.24, 2.45) is 0 Å². The molecule has 0 aromatic heterocycles. The van der Waals surface area contributed by atoms with Crippen LogP contribution in [-0.4, -0.2) is 19.6 Å². The second-order valence-corrected chi connectivity index (χ2v) is 5.19. The van der Waals surface area contributed by atoms with Crippen LogP contribution in [0.25, 0.3) is 0 Å². The number of hydrogen-bond donors (Lipinski definition) is 2. The summed E-state index contributed by atoms with van der Waals surface area (Å²) in [4.78, 5) is 11.9. The quantitative estimate of drug-likeness (QED) is 0.820. The Morgan fingerprint density at radius 3 is 2.79 bits per heavy atom. The molecule has 2 aromatic carbocycles. The van der Waals surface area contributed by atoms with Crippen LogP contribution in [0.2, 0.25) is 0 Å². The number of rotatable bonds is 7. The van der Waals surface area contributed by atoms with Crippen molar-refractivity contribution < 1.29 is 13.9 Å². The summed E-state index contributed by atoms with van der Waals surface area (Å²) in [6.07, 6.45) is 0. The molecule has 0 heterocycles. The van der Waals surface area contributed by atoms with Gasteiger partial charge in [-0.25, -0.2) is 4.39 Å². The molecule has 0 saturated carbocycles. The Balaban J connectivity index is 1.83. The first-order valence-corrected chi connectivity index (χ1v) is 7.39. The van der Waals surface area contributed by atoms with Gasteiger partial charge in [0, 0.05) is 19.3 Å². The number of anilines is 1. The van der Waals surface area contributed by atoms with Crippen molar-refractivity contribution in [1.82, 2.24) is 5.32 Å². The number of nitriles is 1. The zero-order valence-electron chi connectivity index (χ0n) is 13.3. The highest BCUT2D eigenvalue weighted by atomic mass is 19.1. The predicted octanol–water partition coefficient (Wildman–Crippen LogP) is 2.57. The number of carbonyl (C=O) groups excluding carboxylic acids is 1. The third-order valence-corrected chi connectivity index (χ3v) is 3.33. The second-order valence-electron chi connectivity index (χ2n) is 5.19. The van der Waals surface area contributed by atoms with Crippen LogP contribution in [0, 0.1) is 17.1 Å². The molecule has 2 N–H and O–H groups in total. The summed E-state index contributed by atoms with van der Waals surface area (Å²) >= 11 is 0. The Labute approximate surface area is 140 Å². The first-order valence-electron chi connectivity index (χ1n) is 7.39. The van der Waals surface area contributed by atoms with Gasteiger partial charge in [-0.05, 0) is 29.3 Å². The molecule has 2 rings (SSSR count). The van der Waals surface area contributed by atoms with E-state index in [-0.39, 0.29) is 18.0 Å². The van der Waals surface area contributed by atoms with Crippen molar-refractivity contribution in [3.05, 3.63) is 65.0 Å². The first-order chi connectivity index (χ1) is 11.6. The molecule has 0 atom stereocenters. The van der Waals surface area contributed by atoms with Crippen LogP contribution >= 0.6 is 0 Å². The predicted molar refractivity (Wildman–Crippen MR) is 88.6 cm³/mol. The SMILES string of the molecule is COCc1cccc(CNC(=O)CNc2ccc(F)c(C#N)c2)c1. The van der Waals surface area contributed by atoms with Gasteiger partial charge in [-0.15, -0.1) is 0 Å². The maximum atomic E-state index is 13.2. The maximum absolute atomic E-state index is 13.2. The molecule has 1 amide bonds. The molecule has 0 aliphatic carbocycles. The molecular weight excluding hydrogens is 309 g/mol. The molecule has 5 nitrogen and oxygen atoms in total. The van der Waals surface area contributed by atoms with E-state index >= 15 is 0 Å². The summed E-state index contributed by atoms with van der Waals surface area (Å²) in [6.45, 7) is 0.967. The zero-order chi connectivity index (χ0) is 17.4. The van der Waals surface area contributed by atoms with Crippen molar-refractivity contribution >= 4 is 11.6 Å². The van der Waals surface area contributed by atoms with E-state index in [4.69, 9.17) is 10.00 Å². The van der Waals surface area contributed by atoms with Gasteiger partial charge in [0.25, 0.3) is 0 Å². The van der Waals surface area contributed by atoms with Crippen LogP contribution in [0.4, 0.5) is 10.1 Å². The Morgan fingerprint density at radius 2 is 2.04 bits per heavy atom. The van der Waals surface area contributed by atoms with Crippen molar-refractivity contribution in [2.45, 2.75) is 13.2 Å². The van der Waals surface area contributed by atoms with Gasteiger partial charge in [0.05, 0.1) is 18.7 Å². The molecule has 124 valence electrons. The van der Waals surface area contributed by atoms with E-state index in [1.165, 1.54) is 18.2 Å². The lowest BCUT2D eigenvalue weighted by molar-refractivity contribution is -0.119. The summed E-state index contributed by atoms with van der Waals surface area (Å²) in [5, 5.41) is 14.4. The van der Waals surface area contributed by atoms with Crippen LogP contribution < -0.4 is 10.6 Å². The third kappa shape index (κ3) is 5.07. The minimum atomic E-state index is -0.580. The van der Waals surface area contributed by atoms with Crippen LogP contribution in [0.15, 0.2) is 42.5 Å². The number of carbonyl (C=O) groups is 1. The Kier molecular flexibility index (Phi) is 6.29. The number of halogens is 1. The molecule has 2 aromatic rings. The van der Waals surface area contributed by atoms with Crippen LogP contribution in [0.1, 0.15) is 16.7 Å². The molecule has 0 spiro atoms. The van der Waals surface area contributed by atoms with Crippen molar-refractivity contribution in [1.29, 1.82) is 5.26 Å². The lowest BCUT2D eigenvalue weighted by Crippen LogP contribution is -2.29. The van der Waals surface area contributed by atoms with E-state index in [0.29, 0.717) is 18.8 Å². The topological polar surface area (TPSA) is 74.2 Å². The highest BCUT2D eigenvalue weighted by molar-refractivity contribution is 5.80. The number of nitrogens with one attached hydrogen (secondary N) is 2. The molecule has 0 fully saturated rings. The van der Waals surface area contributed by atoms with Gasteiger partial charge in [0.1, 0.15) is 11.9 Å². The number of amides is 1. The summed E-state index contributed by atoms with van der Waals surface area (Å²) in [5.41, 5.74) is 2.48. The van der Waals surface area contributed by atoms with E-state index in [2.05, 4.69) is 10.6 Å². The van der Waals surface area contributed by atoms with Crippen LogP contribution in [-0.2, 0) is 22.7 Å². The van der Waals surface area contributed by atoms with Crippen LogP contribution in [0.3, 0.4) is 0 Å². The zero-order valence-corrected chi connectivity index (χ0v) is 13.3. The highest BCUT2D eigenvalue weighted by Crippen LogP contribution is 2.13. The van der Waals surface area contributed by atoms with Gasteiger partial charge in [0.15, 0.2) is 0 Å². The van der Waals surface area contributed by atoms with Crippen LogP contribution in [0.5, 0.6) is 0 Å². The monoisotopic (exact) mass is 327 g/mol. The van der Waals surface area contributed by atoms with Gasteiger partial charge in [-0.1, -0.05) is 24.3 Å². The average molecular weight is 327 g/mol. The fraction of sp³-hybridized carbons (Fsp3) is 0.222. The van der Waals surface area contributed by atoms with Crippen molar-refractivity contribution in [3.63, 3.8) is 0 Å². The molecule has 0 aliphatic heterocycles. The number of benzene rings is 2. The Bertz CT molecular complexity index is 756. The molecular formula is C18H18FN3O2. The largest absolute Gasteiger partial charge is 0.380 e. The average Bonchev–Trinajstić information content (AvgIpc) is 2.60.